The van der Waals surface area contributed by atoms with Crippen molar-refractivity contribution in [1.82, 2.24) is 0 Å². The van der Waals surface area contributed by atoms with E-state index in [1.807, 2.05) is 12.1 Å². The van der Waals surface area contributed by atoms with Gasteiger partial charge in [0.1, 0.15) is 28.2 Å². The Morgan fingerprint density at radius 3 is 2.52 bits per heavy atom. The third-order valence-corrected chi connectivity index (χ3v) is 8.30. The van der Waals surface area contributed by atoms with Crippen LogP contribution in [0.25, 0.3) is 22.3 Å². The fourth-order valence-electron chi connectivity index (χ4n) is 6.02. The first-order chi connectivity index (χ1) is 22.2. The second kappa shape index (κ2) is 11.3. The summed E-state index contributed by atoms with van der Waals surface area (Å²) in [6.07, 6.45) is 1.37. The molecule has 0 aliphatic carbocycles. The molecule has 0 saturated carbocycles. The normalized spacial score (nSPS) is 15.2. The smallest absolute Gasteiger partial charge is 0.312 e. The number of hydrogen-bond acceptors (Lipinski definition) is 11. The molecule has 0 radical (unpaired) electrons. The Hall–Kier alpha value is -5.84. The van der Waals surface area contributed by atoms with Crippen molar-refractivity contribution in [3.05, 3.63) is 93.1 Å². The number of carbonyl (C=O) groups is 1. The predicted molar refractivity (Wildman–Crippen MR) is 165 cm³/mol. The van der Waals surface area contributed by atoms with E-state index in [0.29, 0.717) is 42.3 Å². The van der Waals surface area contributed by atoms with Crippen LogP contribution in [0.4, 0.5) is 0 Å². The highest BCUT2D eigenvalue weighted by Gasteiger charge is 2.35. The lowest BCUT2D eigenvalue weighted by Gasteiger charge is -2.26. The Labute approximate surface area is 261 Å². The van der Waals surface area contributed by atoms with Gasteiger partial charge in [-0.25, -0.2) is 0 Å². The van der Waals surface area contributed by atoms with Crippen LogP contribution in [-0.2, 0) is 17.6 Å². The maximum absolute atomic E-state index is 13.4. The Balaban J connectivity index is 1.30. The van der Waals surface area contributed by atoms with Gasteiger partial charge in [0.25, 0.3) is 0 Å². The van der Waals surface area contributed by atoms with E-state index in [2.05, 4.69) is 6.07 Å². The number of fused-ring (bicyclic) bond motifs is 4. The maximum atomic E-state index is 13.4. The monoisotopic (exact) mass is 624 g/mol. The van der Waals surface area contributed by atoms with Crippen LogP contribution in [0, 0.1) is 0 Å². The van der Waals surface area contributed by atoms with Crippen molar-refractivity contribution < 1.29 is 48.6 Å². The van der Waals surface area contributed by atoms with Crippen LogP contribution in [0.5, 0.6) is 46.0 Å². The fraction of sp³-hybridized carbons (Fsp3) is 0.200. The Morgan fingerprint density at radius 1 is 0.870 bits per heavy atom. The van der Waals surface area contributed by atoms with Crippen LogP contribution in [0.2, 0.25) is 0 Å². The molecule has 0 unspecified atom stereocenters. The summed E-state index contributed by atoms with van der Waals surface area (Å²) in [7, 11) is 1.52. The van der Waals surface area contributed by atoms with Crippen LogP contribution < -0.4 is 24.4 Å². The predicted octanol–water partition coefficient (Wildman–Crippen LogP) is 5.29. The van der Waals surface area contributed by atoms with Crippen LogP contribution in [0.15, 0.2) is 69.9 Å². The van der Waals surface area contributed by atoms with E-state index in [1.54, 1.807) is 18.2 Å². The fourth-order valence-corrected chi connectivity index (χ4v) is 6.02. The summed E-state index contributed by atoms with van der Waals surface area (Å²) < 4.78 is 28.9. The van der Waals surface area contributed by atoms with Crippen molar-refractivity contribution in [2.45, 2.75) is 25.2 Å². The Bertz CT molecular complexity index is 2100. The van der Waals surface area contributed by atoms with E-state index < -0.39 is 40.3 Å². The molecule has 4 N–H and O–H groups in total. The molecule has 1 atom stereocenters. The number of carbonyl (C=O) groups excluding carboxylic acids is 1. The zero-order valence-corrected chi connectivity index (χ0v) is 24.5. The summed E-state index contributed by atoms with van der Waals surface area (Å²) in [4.78, 5) is 26.2. The zero-order chi connectivity index (χ0) is 32.1. The first kappa shape index (κ1) is 28.9. The van der Waals surface area contributed by atoms with Crippen molar-refractivity contribution in [2.24, 2.45) is 0 Å². The molecule has 5 aromatic rings. The molecule has 3 heterocycles. The number of phenols is 3. The van der Waals surface area contributed by atoms with E-state index in [1.165, 1.54) is 24.8 Å². The molecule has 0 spiro atoms. The largest absolute Gasteiger partial charge is 0.507 e. The molecule has 0 bridgehead atoms. The number of benzene rings is 4. The lowest BCUT2D eigenvalue weighted by molar-refractivity contribution is -0.135. The molecule has 2 aliphatic heterocycles. The second-order valence-corrected chi connectivity index (χ2v) is 11.1. The molecular formula is C35H28O11. The van der Waals surface area contributed by atoms with Crippen LogP contribution in [-0.4, -0.2) is 46.7 Å². The molecule has 0 fully saturated rings. The van der Waals surface area contributed by atoms with Crippen molar-refractivity contribution >= 4 is 16.9 Å². The number of methoxy groups -OCH3 is 1. The van der Waals surface area contributed by atoms with Gasteiger partial charge in [-0.05, 0) is 53.1 Å². The van der Waals surface area contributed by atoms with Gasteiger partial charge in [0.2, 0.25) is 11.2 Å². The summed E-state index contributed by atoms with van der Waals surface area (Å²) in [6.45, 7) is 1.02. The standard InChI is InChI=1S/C35H28O11/c1-42-26-7-4-18(14-27(26)44-10-8-17-2-6-25-19(12-17)9-11-43-25)21-15-29(39)45-28-16-24(38)31-32(40)33(41)34(46-35(31)30(21)28)20-3-5-22(36)23(37)13-20/h2-7,12-14,16,21,36-38,41H,8-11,15H2,1H3/t21-/m0/s1. The molecule has 4 aromatic carbocycles. The molecular weight excluding hydrogens is 596 g/mol. The van der Waals surface area contributed by atoms with E-state index >= 15 is 0 Å². The van der Waals surface area contributed by atoms with Crippen molar-refractivity contribution in [2.75, 3.05) is 20.3 Å². The minimum Gasteiger partial charge on any atom is -0.507 e. The van der Waals surface area contributed by atoms with E-state index in [-0.39, 0.29) is 34.5 Å². The Kier molecular flexibility index (Phi) is 7.08. The van der Waals surface area contributed by atoms with E-state index in [0.717, 1.165) is 29.9 Å². The number of aromatic hydroxyl groups is 4. The van der Waals surface area contributed by atoms with Gasteiger partial charge < -0.3 is 43.8 Å². The Morgan fingerprint density at radius 2 is 1.72 bits per heavy atom. The van der Waals surface area contributed by atoms with Gasteiger partial charge in [-0.3, -0.25) is 9.59 Å². The second-order valence-electron chi connectivity index (χ2n) is 11.1. The summed E-state index contributed by atoms with van der Waals surface area (Å²) >= 11 is 0. The van der Waals surface area contributed by atoms with Gasteiger partial charge in [0.05, 0.1) is 26.7 Å². The number of rotatable bonds is 7. The zero-order valence-electron chi connectivity index (χ0n) is 24.5. The third kappa shape index (κ3) is 4.95. The topological polar surface area (TPSA) is 165 Å². The molecule has 7 rings (SSSR count). The van der Waals surface area contributed by atoms with Crippen LogP contribution in [0.3, 0.4) is 0 Å². The van der Waals surface area contributed by atoms with Crippen LogP contribution >= 0.6 is 0 Å². The maximum Gasteiger partial charge on any atom is 0.312 e. The number of phenolic OH excluding ortho intramolecular Hbond substituents is 3. The molecule has 0 saturated heterocycles. The molecule has 234 valence electrons. The summed E-state index contributed by atoms with van der Waals surface area (Å²) in [5.74, 6) is -2.06. The lowest BCUT2D eigenvalue weighted by atomic mass is 9.85. The van der Waals surface area contributed by atoms with Crippen molar-refractivity contribution in [3.8, 4) is 57.3 Å². The van der Waals surface area contributed by atoms with Crippen LogP contribution in [0.1, 0.15) is 34.6 Å². The highest BCUT2D eigenvalue weighted by atomic mass is 16.5. The van der Waals surface area contributed by atoms with Crippen molar-refractivity contribution in [3.63, 3.8) is 0 Å². The summed E-state index contributed by atoms with van der Waals surface area (Å²) in [5.41, 5.74) is 2.23. The van der Waals surface area contributed by atoms with E-state index in [9.17, 15) is 30.0 Å². The first-order valence-electron chi connectivity index (χ1n) is 14.6. The SMILES string of the molecule is COc1ccc([C@@H]2CC(=O)Oc3cc(O)c4c(=O)c(O)c(-c5ccc(O)c(O)c5)oc4c32)cc1OCCc1ccc2c(c1)CCO2. The molecule has 46 heavy (non-hydrogen) atoms. The van der Waals surface area contributed by atoms with Gasteiger partial charge in [0.15, 0.2) is 28.8 Å². The number of hydrogen-bond donors (Lipinski definition) is 4. The van der Waals surface area contributed by atoms with Gasteiger partial charge in [-0.1, -0.05) is 18.2 Å². The molecule has 11 nitrogen and oxygen atoms in total. The van der Waals surface area contributed by atoms with E-state index in [4.69, 9.17) is 23.4 Å². The molecule has 2 aliphatic rings. The number of esters is 1. The molecule has 11 heteroatoms. The molecule has 1 aromatic heterocycles. The molecule has 0 amide bonds. The number of ether oxygens (including phenoxy) is 4. The average molecular weight is 625 g/mol. The van der Waals surface area contributed by atoms with Gasteiger partial charge in [-0.15, -0.1) is 0 Å². The third-order valence-electron chi connectivity index (χ3n) is 8.30. The minimum atomic E-state index is -0.934. The minimum absolute atomic E-state index is 0.0153. The van der Waals surface area contributed by atoms with Gasteiger partial charge in [-0.2, -0.15) is 0 Å². The highest BCUT2D eigenvalue weighted by Crippen LogP contribution is 2.48. The van der Waals surface area contributed by atoms with Crippen molar-refractivity contribution in [1.29, 1.82) is 0 Å². The van der Waals surface area contributed by atoms with Gasteiger partial charge >= 0.3 is 5.97 Å². The average Bonchev–Trinajstić information content (AvgIpc) is 3.51. The quantitative estimate of drug-likeness (QED) is 0.106. The lowest BCUT2D eigenvalue weighted by Crippen LogP contribution is -2.22. The summed E-state index contributed by atoms with van der Waals surface area (Å²) in [5, 5.41) is 41.1. The summed E-state index contributed by atoms with van der Waals surface area (Å²) in [6, 6.07) is 16.1. The highest BCUT2D eigenvalue weighted by molar-refractivity contribution is 5.94. The first-order valence-corrected chi connectivity index (χ1v) is 14.6. The van der Waals surface area contributed by atoms with Gasteiger partial charge in [0, 0.05) is 36.0 Å².